The van der Waals surface area contributed by atoms with Gasteiger partial charge in [0.05, 0.1) is 43.7 Å². The van der Waals surface area contributed by atoms with Gasteiger partial charge in [0.2, 0.25) is 5.78 Å². The molecule has 0 spiro atoms. The first kappa shape index (κ1) is 28.9. The van der Waals surface area contributed by atoms with Crippen LogP contribution in [0.5, 0.6) is 0 Å². The summed E-state index contributed by atoms with van der Waals surface area (Å²) in [6.07, 6.45) is -2.51. The minimum absolute atomic E-state index is 0.0170. The van der Waals surface area contributed by atoms with E-state index in [1.807, 2.05) is 6.92 Å². The van der Waals surface area contributed by atoms with Crippen molar-refractivity contribution in [1.29, 1.82) is 0 Å². The minimum Gasteiger partial charge on any atom is -0.478 e. The maximum absolute atomic E-state index is 12.1. The average molecular weight is 477 g/mol. The van der Waals surface area contributed by atoms with Gasteiger partial charge in [0.25, 0.3) is 6.10 Å². The Morgan fingerprint density at radius 1 is 0.794 bits per heavy atom. The fraction of sp³-hybridized carbons (Fsp3) is 0.400. The molecule has 0 saturated carbocycles. The van der Waals surface area contributed by atoms with Crippen molar-refractivity contribution in [3.63, 3.8) is 0 Å². The summed E-state index contributed by atoms with van der Waals surface area (Å²) < 4.78 is 15.3. The number of ketones is 1. The Balaban J connectivity index is 0.000000385. The van der Waals surface area contributed by atoms with E-state index in [1.165, 1.54) is 24.3 Å². The topological polar surface area (TPSA) is 140 Å². The Morgan fingerprint density at radius 2 is 1.29 bits per heavy atom. The maximum Gasteiger partial charge on any atom is 0.353 e. The van der Waals surface area contributed by atoms with Crippen LogP contribution in [0.25, 0.3) is 0 Å². The molecule has 0 aliphatic rings. The number of carboxylic acids is 1. The van der Waals surface area contributed by atoms with Crippen LogP contribution in [-0.4, -0.2) is 77.3 Å². The van der Waals surface area contributed by atoms with Crippen LogP contribution in [0, 0.1) is 0 Å². The van der Waals surface area contributed by atoms with Crippen LogP contribution in [0.2, 0.25) is 0 Å². The Kier molecular flexibility index (Phi) is 13.3. The number of Topliss-reactive ketones (excluding diaryl/α,β-unsaturated/α-hetero) is 1. The standard InChI is InChI=1S/C16H12O5.C9H20O4/c17-13(11-7-3-1-4-8-11)14(15(18)19)21-16(20)12-9-5-2-6-10-12;1-7(11)5-12-9(3)6-13-8(2)4-10/h1-10,14H,(H,18,19);7-11H,4-6H2,1-3H3. The summed E-state index contributed by atoms with van der Waals surface area (Å²) in [4.78, 5) is 35.1. The van der Waals surface area contributed by atoms with E-state index in [-0.39, 0.29) is 29.9 Å². The van der Waals surface area contributed by atoms with E-state index in [0.29, 0.717) is 13.2 Å². The Bertz CT molecular complexity index is 868. The molecule has 0 heterocycles. The zero-order valence-electron chi connectivity index (χ0n) is 19.5. The molecule has 2 aromatic rings. The molecule has 0 aromatic heterocycles. The molecule has 186 valence electrons. The van der Waals surface area contributed by atoms with E-state index in [2.05, 4.69) is 0 Å². The van der Waals surface area contributed by atoms with Gasteiger partial charge >= 0.3 is 11.9 Å². The van der Waals surface area contributed by atoms with Crippen molar-refractivity contribution in [2.45, 2.75) is 45.2 Å². The summed E-state index contributed by atoms with van der Waals surface area (Å²) >= 11 is 0. The third kappa shape index (κ3) is 11.2. The molecule has 0 saturated heterocycles. The van der Waals surface area contributed by atoms with Crippen LogP contribution in [0.4, 0.5) is 0 Å². The lowest BCUT2D eigenvalue weighted by molar-refractivity contribution is -0.144. The predicted molar refractivity (Wildman–Crippen MR) is 124 cm³/mol. The van der Waals surface area contributed by atoms with Crippen molar-refractivity contribution in [1.82, 2.24) is 0 Å². The van der Waals surface area contributed by atoms with Gasteiger partial charge in [0, 0.05) is 5.56 Å². The van der Waals surface area contributed by atoms with Crippen LogP contribution in [0.15, 0.2) is 60.7 Å². The number of benzene rings is 2. The number of carbonyl (C=O) groups is 3. The van der Waals surface area contributed by atoms with Crippen molar-refractivity contribution < 1.29 is 43.9 Å². The fourth-order valence-electron chi connectivity index (χ4n) is 2.42. The van der Waals surface area contributed by atoms with Crippen molar-refractivity contribution in [2.75, 3.05) is 19.8 Å². The molecule has 0 aliphatic heterocycles. The molecule has 4 atom stereocenters. The largest absolute Gasteiger partial charge is 0.478 e. The van der Waals surface area contributed by atoms with Crippen LogP contribution in [-0.2, 0) is 19.0 Å². The highest BCUT2D eigenvalue weighted by Crippen LogP contribution is 2.10. The zero-order valence-corrected chi connectivity index (χ0v) is 19.5. The number of carbonyl (C=O) groups excluding carboxylic acids is 2. The number of rotatable bonds is 12. The Labute approximate surface area is 198 Å². The highest BCUT2D eigenvalue weighted by atomic mass is 16.6. The highest BCUT2D eigenvalue weighted by Gasteiger charge is 2.31. The monoisotopic (exact) mass is 476 g/mol. The molecule has 0 aliphatic carbocycles. The van der Waals surface area contributed by atoms with Gasteiger partial charge in [0.15, 0.2) is 0 Å². The van der Waals surface area contributed by atoms with Crippen molar-refractivity contribution in [3.05, 3.63) is 71.8 Å². The lowest BCUT2D eigenvalue weighted by atomic mass is 10.1. The van der Waals surface area contributed by atoms with Gasteiger partial charge in [-0.15, -0.1) is 0 Å². The molecule has 3 N–H and O–H groups in total. The SMILES string of the molecule is CC(O)COC(C)COC(C)CO.O=C(OC(C(=O)O)C(=O)c1ccccc1)c1ccccc1. The van der Waals surface area contributed by atoms with E-state index < -0.39 is 29.9 Å². The number of aliphatic hydroxyl groups excluding tert-OH is 2. The quantitative estimate of drug-likeness (QED) is 0.239. The smallest absolute Gasteiger partial charge is 0.353 e. The molecule has 9 nitrogen and oxygen atoms in total. The second kappa shape index (κ2) is 15.7. The van der Waals surface area contributed by atoms with Gasteiger partial charge in [-0.3, -0.25) is 4.79 Å². The number of esters is 1. The lowest BCUT2D eigenvalue weighted by Gasteiger charge is -2.16. The van der Waals surface area contributed by atoms with Gasteiger partial charge in [0.1, 0.15) is 0 Å². The first-order chi connectivity index (χ1) is 16.1. The van der Waals surface area contributed by atoms with Crippen LogP contribution in [0.1, 0.15) is 41.5 Å². The van der Waals surface area contributed by atoms with Gasteiger partial charge < -0.3 is 29.5 Å². The van der Waals surface area contributed by atoms with Gasteiger partial charge in [-0.05, 0) is 32.9 Å². The Morgan fingerprint density at radius 3 is 1.76 bits per heavy atom. The zero-order chi connectivity index (χ0) is 25.5. The van der Waals surface area contributed by atoms with Crippen LogP contribution in [0.3, 0.4) is 0 Å². The molecule has 9 heteroatoms. The molecular formula is C25H32O9. The molecular weight excluding hydrogens is 444 g/mol. The molecule has 4 unspecified atom stereocenters. The lowest BCUT2D eigenvalue weighted by Crippen LogP contribution is -2.35. The predicted octanol–water partition coefficient (Wildman–Crippen LogP) is 2.35. The van der Waals surface area contributed by atoms with Crippen molar-refractivity contribution in [3.8, 4) is 0 Å². The first-order valence-corrected chi connectivity index (χ1v) is 10.8. The third-order valence-corrected chi connectivity index (χ3v) is 4.25. The van der Waals surface area contributed by atoms with Crippen molar-refractivity contribution >= 4 is 17.7 Å². The molecule has 34 heavy (non-hydrogen) atoms. The van der Waals surface area contributed by atoms with Gasteiger partial charge in [-0.25, -0.2) is 9.59 Å². The van der Waals surface area contributed by atoms with E-state index >= 15 is 0 Å². The highest BCUT2D eigenvalue weighted by molar-refractivity contribution is 6.12. The first-order valence-electron chi connectivity index (χ1n) is 10.8. The number of carboxylic acid groups (broad SMARTS) is 1. The van der Waals surface area contributed by atoms with Crippen LogP contribution >= 0.6 is 0 Å². The second-order valence-corrected chi connectivity index (χ2v) is 7.54. The summed E-state index contributed by atoms with van der Waals surface area (Å²) in [7, 11) is 0. The molecule has 0 amide bonds. The van der Waals surface area contributed by atoms with E-state index in [0.717, 1.165) is 0 Å². The number of ether oxygens (including phenoxy) is 3. The minimum atomic E-state index is -1.86. The number of aliphatic carboxylic acids is 1. The summed E-state index contributed by atoms with van der Waals surface area (Å²) in [5.41, 5.74) is 0.357. The van der Waals surface area contributed by atoms with Gasteiger partial charge in [-0.1, -0.05) is 48.5 Å². The molecule has 0 radical (unpaired) electrons. The number of hydrogen-bond acceptors (Lipinski definition) is 8. The summed E-state index contributed by atoms with van der Waals surface area (Å²) in [6.45, 7) is 6.10. The van der Waals surface area contributed by atoms with E-state index in [1.54, 1.807) is 50.2 Å². The van der Waals surface area contributed by atoms with E-state index in [9.17, 15) is 14.4 Å². The van der Waals surface area contributed by atoms with Crippen LogP contribution < -0.4 is 0 Å². The normalized spacial score (nSPS) is 14.0. The number of hydrogen-bond donors (Lipinski definition) is 3. The second-order valence-electron chi connectivity index (χ2n) is 7.54. The third-order valence-electron chi connectivity index (χ3n) is 4.25. The molecule has 0 bridgehead atoms. The molecule has 2 aromatic carbocycles. The van der Waals surface area contributed by atoms with Gasteiger partial charge in [-0.2, -0.15) is 0 Å². The average Bonchev–Trinajstić information content (AvgIpc) is 2.85. The summed E-state index contributed by atoms with van der Waals surface area (Å²) in [5, 5.41) is 26.7. The fourth-order valence-corrected chi connectivity index (χ4v) is 2.42. The van der Waals surface area contributed by atoms with E-state index in [4.69, 9.17) is 29.5 Å². The molecule has 2 rings (SSSR count). The Hall–Kier alpha value is -3.11. The summed E-state index contributed by atoms with van der Waals surface area (Å²) in [5.74, 6) is -3.13. The maximum atomic E-state index is 12.1. The summed E-state index contributed by atoms with van der Waals surface area (Å²) in [6, 6.07) is 15.7. The van der Waals surface area contributed by atoms with Crippen molar-refractivity contribution in [2.24, 2.45) is 0 Å². The number of aliphatic hydroxyl groups is 2. The molecule has 0 fully saturated rings.